The smallest absolute Gasteiger partial charge is 0.234 e. The lowest BCUT2D eigenvalue weighted by Crippen LogP contribution is -2.34. The number of carbonyl (C=O) groups excluding carboxylic acids is 1. The summed E-state index contributed by atoms with van der Waals surface area (Å²) < 4.78 is 5.36. The molecule has 98 valence electrons. The van der Waals surface area contributed by atoms with Gasteiger partial charge in [0.1, 0.15) is 5.75 Å². The molecule has 0 aromatic heterocycles. The van der Waals surface area contributed by atoms with Crippen LogP contribution in [-0.2, 0) is 11.3 Å². The van der Waals surface area contributed by atoms with E-state index in [2.05, 4.69) is 10.6 Å². The van der Waals surface area contributed by atoms with E-state index in [1.165, 1.54) is 12.8 Å². The van der Waals surface area contributed by atoms with Gasteiger partial charge in [-0.25, -0.2) is 0 Å². The summed E-state index contributed by atoms with van der Waals surface area (Å²) in [7, 11) is 0. The number of hydrogen-bond donors (Lipinski definition) is 2. The minimum atomic E-state index is 0.0517. The molecule has 0 saturated heterocycles. The van der Waals surface area contributed by atoms with Crippen LogP contribution in [0.4, 0.5) is 0 Å². The standard InChI is InChI=1S/C14H20N2O2/c1-2-18-13-7-3-11(4-8-13)9-16-14(17)10-15-12-5-6-12/h3-4,7-8,12,15H,2,5-6,9-10H2,1H3,(H,16,17). The van der Waals surface area contributed by atoms with Gasteiger partial charge in [-0.3, -0.25) is 4.79 Å². The van der Waals surface area contributed by atoms with E-state index in [1.807, 2.05) is 31.2 Å². The fourth-order valence-electron chi connectivity index (χ4n) is 1.66. The second-order valence-electron chi connectivity index (χ2n) is 4.51. The van der Waals surface area contributed by atoms with Crippen LogP contribution < -0.4 is 15.4 Å². The van der Waals surface area contributed by atoms with E-state index in [4.69, 9.17) is 4.74 Å². The minimum absolute atomic E-state index is 0.0517. The molecule has 1 aromatic rings. The molecule has 0 radical (unpaired) electrons. The molecule has 4 heteroatoms. The van der Waals surface area contributed by atoms with Crippen LogP contribution in [0.1, 0.15) is 25.3 Å². The number of hydrogen-bond acceptors (Lipinski definition) is 3. The molecule has 0 atom stereocenters. The van der Waals surface area contributed by atoms with Gasteiger partial charge in [0.2, 0.25) is 5.91 Å². The predicted molar refractivity (Wildman–Crippen MR) is 70.5 cm³/mol. The van der Waals surface area contributed by atoms with Crippen LogP contribution >= 0.6 is 0 Å². The fourth-order valence-corrected chi connectivity index (χ4v) is 1.66. The second-order valence-corrected chi connectivity index (χ2v) is 4.51. The third-order valence-corrected chi connectivity index (χ3v) is 2.85. The van der Waals surface area contributed by atoms with Crippen molar-refractivity contribution in [3.63, 3.8) is 0 Å². The largest absolute Gasteiger partial charge is 0.494 e. The summed E-state index contributed by atoms with van der Waals surface area (Å²) in [5, 5.41) is 6.08. The Kier molecular flexibility index (Phi) is 4.59. The number of benzene rings is 1. The number of nitrogens with one attached hydrogen (secondary N) is 2. The first kappa shape index (κ1) is 12.9. The van der Waals surface area contributed by atoms with Crippen molar-refractivity contribution in [2.24, 2.45) is 0 Å². The first-order chi connectivity index (χ1) is 8.78. The third-order valence-electron chi connectivity index (χ3n) is 2.85. The van der Waals surface area contributed by atoms with Gasteiger partial charge in [-0.2, -0.15) is 0 Å². The van der Waals surface area contributed by atoms with E-state index in [1.54, 1.807) is 0 Å². The molecule has 0 aliphatic heterocycles. The molecule has 1 saturated carbocycles. The van der Waals surface area contributed by atoms with E-state index >= 15 is 0 Å². The molecule has 1 amide bonds. The van der Waals surface area contributed by atoms with Gasteiger partial charge < -0.3 is 15.4 Å². The zero-order valence-corrected chi connectivity index (χ0v) is 10.7. The molecule has 0 spiro atoms. The summed E-state index contributed by atoms with van der Waals surface area (Å²) in [4.78, 5) is 11.5. The van der Waals surface area contributed by atoms with Crippen molar-refractivity contribution < 1.29 is 9.53 Å². The zero-order valence-electron chi connectivity index (χ0n) is 10.7. The maximum Gasteiger partial charge on any atom is 0.234 e. The summed E-state index contributed by atoms with van der Waals surface area (Å²) in [6.45, 7) is 3.61. The highest BCUT2D eigenvalue weighted by Gasteiger charge is 2.20. The van der Waals surface area contributed by atoms with Crippen molar-refractivity contribution in [2.45, 2.75) is 32.4 Å². The molecule has 0 heterocycles. The normalized spacial score (nSPS) is 14.3. The molecular formula is C14H20N2O2. The van der Waals surface area contributed by atoms with Gasteiger partial charge in [0.25, 0.3) is 0 Å². The van der Waals surface area contributed by atoms with Crippen molar-refractivity contribution in [3.05, 3.63) is 29.8 Å². The lowest BCUT2D eigenvalue weighted by atomic mass is 10.2. The Morgan fingerprint density at radius 3 is 2.67 bits per heavy atom. The summed E-state index contributed by atoms with van der Waals surface area (Å²) in [5.74, 6) is 0.916. The highest BCUT2D eigenvalue weighted by molar-refractivity contribution is 5.78. The number of ether oxygens (including phenoxy) is 1. The van der Waals surface area contributed by atoms with Crippen LogP contribution in [0.25, 0.3) is 0 Å². The summed E-state index contributed by atoms with van der Waals surface area (Å²) in [6.07, 6.45) is 2.40. The van der Waals surface area contributed by atoms with Crippen LogP contribution in [0.2, 0.25) is 0 Å². The van der Waals surface area contributed by atoms with Crippen molar-refractivity contribution in [3.8, 4) is 5.75 Å². The van der Waals surface area contributed by atoms with Crippen molar-refractivity contribution in [1.29, 1.82) is 0 Å². The van der Waals surface area contributed by atoms with E-state index in [0.717, 1.165) is 11.3 Å². The monoisotopic (exact) mass is 248 g/mol. The maximum absolute atomic E-state index is 11.5. The Balaban J connectivity index is 1.69. The van der Waals surface area contributed by atoms with Gasteiger partial charge in [-0.1, -0.05) is 12.1 Å². The van der Waals surface area contributed by atoms with Crippen molar-refractivity contribution in [1.82, 2.24) is 10.6 Å². The molecular weight excluding hydrogens is 228 g/mol. The zero-order chi connectivity index (χ0) is 12.8. The molecule has 2 rings (SSSR count). The first-order valence-corrected chi connectivity index (χ1v) is 6.49. The average Bonchev–Trinajstić information content (AvgIpc) is 3.20. The van der Waals surface area contributed by atoms with Crippen LogP contribution in [0.15, 0.2) is 24.3 Å². The predicted octanol–water partition coefficient (Wildman–Crippen LogP) is 1.45. The molecule has 0 bridgehead atoms. The lowest BCUT2D eigenvalue weighted by Gasteiger charge is -2.07. The van der Waals surface area contributed by atoms with Crippen LogP contribution in [0, 0.1) is 0 Å². The Labute approximate surface area is 108 Å². The Morgan fingerprint density at radius 1 is 1.33 bits per heavy atom. The average molecular weight is 248 g/mol. The quantitative estimate of drug-likeness (QED) is 0.768. The summed E-state index contributed by atoms with van der Waals surface area (Å²) in [5.41, 5.74) is 1.08. The Morgan fingerprint density at radius 2 is 2.06 bits per heavy atom. The van der Waals surface area contributed by atoms with Crippen LogP contribution in [0.5, 0.6) is 5.75 Å². The van der Waals surface area contributed by atoms with Crippen molar-refractivity contribution in [2.75, 3.05) is 13.2 Å². The lowest BCUT2D eigenvalue weighted by molar-refractivity contribution is -0.120. The van der Waals surface area contributed by atoms with Gasteiger partial charge in [0.05, 0.1) is 13.2 Å². The summed E-state index contributed by atoms with van der Waals surface area (Å²) >= 11 is 0. The van der Waals surface area contributed by atoms with Gasteiger partial charge in [-0.05, 0) is 37.5 Å². The van der Waals surface area contributed by atoms with Crippen LogP contribution in [0.3, 0.4) is 0 Å². The van der Waals surface area contributed by atoms with Crippen molar-refractivity contribution >= 4 is 5.91 Å². The number of rotatable bonds is 7. The van der Waals surface area contributed by atoms with Crippen LogP contribution in [-0.4, -0.2) is 25.1 Å². The van der Waals surface area contributed by atoms with E-state index < -0.39 is 0 Å². The Bertz CT molecular complexity index is 385. The summed E-state index contributed by atoms with van der Waals surface area (Å²) in [6, 6.07) is 8.36. The number of amides is 1. The van der Waals surface area contributed by atoms with Gasteiger partial charge in [0.15, 0.2) is 0 Å². The SMILES string of the molecule is CCOc1ccc(CNC(=O)CNC2CC2)cc1. The molecule has 2 N–H and O–H groups in total. The topological polar surface area (TPSA) is 50.4 Å². The highest BCUT2D eigenvalue weighted by Crippen LogP contribution is 2.17. The fraction of sp³-hybridized carbons (Fsp3) is 0.500. The molecule has 1 aliphatic carbocycles. The highest BCUT2D eigenvalue weighted by atomic mass is 16.5. The van der Waals surface area contributed by atoms with Gasteiger partial charge in [0, 0.05) is 12.6 Å². The minimum Gasteiger partial charge on any atom is -0.494 e. The first-order valence-electron chi connectivity index (χ1n) is 6.49. The maximum atomic E-state index is 11.5. The van der Waals surface area contributed by atoms with E-state index in [-0.39, 0.29) is 5.91 Å². The second kappa shape index (κ2) is 6.40. The molecule has 1 aliphatic rings. The molecule has 4 nitrogen and oxygen atoms in total. The molecule has 1 aromatic carbocycles. The third kappa shape index (κ3) is 4.37. The molecule has 0 unspecified atom stereocenters. The number of carbonyl (C=O) groups is 1. The van der Waals surface area contributed by atoms with Gasteiger partial charge in [-0.15, -0.1) is 0 Å². The molecule has 18 heavy (non-hydrogen) atoms. The van der Waals surface area contributed by atoms with E-state index in [9.17, 15) is 4.79 Å². The Hall–Kier alpha value is -1.55. The van der Waals surface area contributed by atoms with Gasteiger partial charge >= 0.3 is 0 Å². The molecule has 1 fully saturated rings. The van der Waals surface area contributed by atoms with E-state index in [0.29, 0.717) is 25.7 Å².